The first-order chi connectivity index (χ1) is 5.70. The van der Waals surface area contributed by atoms with Gasteiger partial charge in [-0.15, -0.1) is 0 Å². The molecule has 0 saturated heterocycles. The lowest BCUT2D eigenvalue weighted by Crippen LogP contribution is -1.99. The Labute approximate surface area is 71.5 Å². The molecule has 0 bridgehead atoms. The van der Waals surface area contributed by atoms with Crippen molar-refractivity contribution in [2.45, 2.75) is 13.8 Å². The van der Waals surface area contributed by atoms with E-state index in [-0.39, 0.29) is 0 Å². The Kier molecular flexibility index (Phi) is 2.63. The molecule has 0 aliphatic rings. The fourth-order valence-corrected chi connectivity index (χ4v) is 0.676. The fourth-order valence-electron chi connectivity index (χ4n) is 0.676. The number of nitrogens with one attached hydrogen (secondary N) is 1. The van der Waals surface area contributed by atoms with Gasteiger partial charge in [0.05, 0.1) is 5.69 Å². The van der Waals surface area contributed by atoms with E-state index in [1.165, 1.54) is 0 Å². The summed E-state index contributed by atoms with van der Waals surface area (Å²) in [6, 6.07) is 3.55. The highest BCUT2D eigenvalue weighted by atomic mass is 15.3. The van der Waals surface area contributed by atoms with Gasteiger partial charge in [0.1, 0.15) is 0 Å². The van der Waals surface area contributed by atoms with Gasteiger partial charge in [-0.1, -0.05) is 0 Å². The highest BCUT2D eigenvalue weighted by Crippen LogP contribution is 2.12. The van der Waals surface area contributed by atoms with Gasteiger partial charge in [-0.25, -0.2) is 4.98 Å². The number of anilines is 2. The maximum Gasteiger partial charge on any atom is 0.169 e. The Hall–Kier alpha value is -1.58. The summed E-state index contributed by atoms with van der Waals surface area (Å²) < 4.78 is 0. The van der Waals surface area contributed by atoms with E-state index < -0.39 is 0 Å². The average Bonchev–Trinajstić information content (AvgIpc) is 2.03. The highest BCUT2D eigenvalue weighted by molar-refractivity contribution is 5.80. The Morgan fingerprint density at radius 3 is 2.92 bits per heavy atom. The number of hydrogen-bond donors (Lipinski definition) is 2. The molecule has 0 fully saturated rings. The maximum atomic E-state index is 5.61. The van der Waals surface area contributed by atoms with Crippen LogP contribution in [0.3, 0.4) is 0 Å². The standard InChI is InChI=1S/C8H12N4/c1-6(2)11-12-8-7(9)4-3-5-10-8/h3-5H,9H2,1-2H3,(H,10,12). The average molecular weight is 164 g/mol. The second kappa shape index (κ2) is 3.71. The second-order valence-corrected chi connectivity index (χ2v) is 2.61. The molecule has 0 aliphatic carbocycles. The zero-order valence-electron chi connectivity index (χ0n) is 7.20. The zero-order valence-corrected chi connectivity index (χ0v) is 7.20. The number of nitrogens with zero attached hydrogens (tertiary/aromatic N) is 2. The lowest BCUT2D eigenvalue weighted by molar-refractivity contribution is 1.22. The molecule has 0 amide bonds. The minimum absolute atomic E-state index is 0.596. The van der Waals surface area contributed by atoms with Crippen molar-refractivity contribution in [1.29, 1.82) is 0 Å². The third-order valence-electron chi connectivity index (χ3n) is 1.22. The Balaban J connectivity index is 2.76. The first kappa shape index (κ1) is 8.52. The van der Waals surface area contributed by atoms with Crippen LogP contribution in [-0.2, 0) is 0 Å². The molecular formula is C8H12N4. The molecule has 1 heterocycles. The number of hydrogen-bond acceptors (Lipinski definition) is 4. The molecule has 0 atom stereocenters. The van der Waals surface area contributed by atoms with Gasteiger partial charge < -0.3 is 5.73 Å². The van der Waals surface area contributed by atoms with Crippen LogP contribution in [0.1, 0.15) is 13.8 Å². The van der Waals surface area contributed by atoms with Gasteiger partial charge in [-0.3, -0.25) is 5.43 Å². The predicted octanol–water partition coefficient (Wildman–Crippen LogP) is 1.47. The molecule has 0 aliphatic heterocycles. The summed E-state index contributed by atoms with van der Waals surface area (Å²) in [5, 5.41) is 3.98. The number of pyridine rings is 1. The van der Waals surface area contributed by atoms with Gasteiger partial charge in [-0.05, 0) is 26.0 Å². The maximum absolute atomic E-state index is 5.61. The number of nitrogens with two attached hydrogens (primary N) is 1. The van der Waals surface area contributed by atoms with Crippen molar-refractivity contribution in [3.8, 4) is 0 Å². The molecule has 0 unspecified atom stereocenters. The van der Waals surface area contributed by atoms with Crippen molar-refractivity contribution < 1.29 is 0 Å². The highest BCUT2D eigenvalue weighted by Gasteiger charge is 1.94. The smallest absolute Gasteiger partial charge is 0.169 e. The normalized spacial score (nSPS) is 9.17. The molecule has 4 heteroatoms. The first-order valence-electron chi connectivity index (χ1n) is 3.67. The summed E-state index contributed by atoms with van der Waals surface area (Å²) in [6.45, 7) is 3.79. The van der Waals surface area contributed by atoms with Crippen LogP contribution in [0.15, 0.2) is 23.4 Å². The number of nitrogen functional groups attached to an aromatic ring is 1. The van der Waals surface area contributed by atoms with Gasteiger partial charge in [-0.2, -0.15) is 5.10 Å². The molecule has 1 rings (SSSR count). The molecule has 0 aromatic carbocycles. The van der Waals surface area contributed by atoms with Gasteiger partial charge >= 0.3 is 0 Å². The van der Waals surface area contributed by atoms with Crippen molar-refractivity contribution in [3.63, 3.8) is 0 Å². The Bertz CT molecular complexity index is 289. The van der Waals surface area contributed by atoms with Crippen molar-refractivity contribution in [2.75, 3.05) is 11.2 Å². The molecule has 0 saturated carbocycles. The molecule has 64 valence electrons. The zero-order chi connectivity index (χ0) is 8.97. The quantitative estimate of drug-likeness (QED) is 0.514. The van der Waals surface area contributed by atoms with E-state index in [9.17, 15) is 0 Å². The summed E-state index contributed by atoms with van der Waals surface area (Å²) in [7, 11) is 0. The van der Waals surface area contributed by atoms with Gasteiger partial charge in [0, 0.05) is 11.9 Å². The SMILES string of the molecule is CC(C)=NNc1ncccc1N. The molecule has 4 nitrogen and oxygen atoms in total. The summed E-state index contributed by atoms with van der Waals surface area (Å²) in [6.07, 6.45) is 1.67. The molecule has 1 aromatic heterocycles. The van der Waals surface area contributed by atoms with E-state index >= 15 is 0 Å². The second-order valence-electron chi connectivity index (χ2n) is 2.61. The van der Waals surface area contributed by atoms with E-state index in [1.54, 1.807) is 18.3 Å². The molecule has 0 spiro atoms. The Morgan fingerprint density at radius 1 is 1.58 bits per heavy atom. The van der Waals surface area contributed by atoms with E-state index in [0.717, 1.165) is 5.71 Å². The molecule has 3 N–H and O–H groups in total. The van der Waals surface area contributed by atoms with E-state index in [0.29, 0.717) is 11.5 Å². The molecule has 0 radical (unpaired) electrons. The van der Waals surface area contributed by atoms with Crippen LogP contribution in [-0.4, -0.2) is 10.7 Å². The summed E-state index contributed by atoms with van der Waals surface area (Å²) in [4.78, 5) is 4.01. The lowest BCUT2D eigenvalue weighted by atomic mass is 10.4. The van der Waals surface area contributed by atoms with E-state index in [4.69, 9.17) is 5.73 Å². The lowest BCUT2D eigenvalue weighted by Gasteiger charge is -2.01. The third kappa shape index (κ3) is 2.23. The summed E-state index contributed by atoms with van der Waals surface area (Å²) in [5.74, 6) is 0.596. The molecule has 12 heavy (non-hydrogen) atoms. The predicted molar refractivity (Wildman–Crippen MR) is 51.1 cm³/mol. The van der Waals surface area contributed by atoms with Gasteiger partial charge in [0.2, 0.25) is 0 Å². The number of hydrazone groups is 1. The minimum atomic E-state index is 0.596. The minimum Gasteiger partial charge on any atom is -0.396 e. The molecular weight excluding hydrogens is 152 g/mol. The number of rotatable bonds is 2. The monoisotopic (exact) mass is 164 g/mol. The van der Waals surface area contributed by atoms with Crippen molar-refractivity contribution in [2.24, 2.45) is 5.10 Å². The van der Waals surface area contributed by atoms with Crippen LogP contribution >= 0.6 is 0 Å². The van der Waals surface area contributed by atoms with Crippen LogP contribution < -0.4 is 11.2 Å². The largest absolute Gasteiger partial charge is 0.396 e. The molecule has 1 aromatic rings. The van der Waals surface area contributed by atoms with Crippen molar-refractivity contribution >= 4 is 17.2 Å². The van der Waals surface area contributed by atoms with Crippen LogP contribution in [0.25, 0.3) is 0 Å². The van der Waals surface area contributed by atoms with E-state index in [2.05, 4.69) is 15.5 Å². The third-order valence-corrected chi connectivity index (χ3v) is 1.22. The van der Waals surface area contributed by atoms with Crippen LogP contribution in [0.2, 0.25) is 0 Å². The fraction of sp³-hybridized carbons (Fsp3) is 0.250. The Morgan fingerprint density at radius 2 is 2.33 bits per heavy atom. The topological polar surface area (TPSA) is 63.3 Å². The van der Waals surface area contributed by atoms with Crippen LogP contribution in [0.5, 0.6) is 0 Å². The van der Waals surface area contributed by atoms with Crippen molar-refractivity contribution in [1.82, 2.24) is 4.98 Å². The summed E-state index contributed by atoms with van der Waals surface area (Å²) in [5.41, 5.74) is 9.91. The van der Waals surface area contributed by atoms with Gasteiger partial charge in [0.15, 0.2) is 5.82 Å². The van der Waals surface area contributed by atoms with Crippen molar-refractivity contribution in [3.05, 3.63) is 18.3 Å². The summed E-state index contributed by atoms with van der Waals surface area (Å²) >= 11 is 0. The number of aromatic nitrogens is 1. The van der Waals surface area contributed by atoms with Crippen LogP contribution in [0.4, 0.5) is 11.5 Å². The van der Waals surface area contributed by atoms with Gasteiger partial charge in [0.25, 0.3) is 0 Å². The van der Waals surface area contributed by atoms with Crippen LogP contribution in [0, 0.1) is 0 Å². The van der Waals surface area contributed by atoms with E-state index in [1.807, 2.05) is 13.8 Å². The first-order valence-corrected chi connectivity index (χ1v) is 3.67.